The Morgan fingerprint density at radius 1 is 1.00 bits per heavy atom. The summed E-state index contributed by atoms with van der Waals surface area (Å²) >= 11 is 7.54. The van der Waals surface area contributed by atoms with E-state index < -0.39 is 0 Å². The standard InChI is InChI=1S/C18H16ClN3S/c1-2-20-16-12-17(23-15-10-8-14(19)9-11-15)22-18(21-16)13-6-4-3-5-7-13/h3-12H,2H2,1H3,(H,20,21,22). The molecular formula is C18H16ClN3S. The van der Waals surface area contributed by atoms with Gasteiger partial charge >= 0.3 is 0 Å². The van der Waals surface area contributed by atoms with E-state index in [1.165, 1.54) is 0 Å². The number of hydrogen-bond donors (Lipinski definition) is 1. The summed E-state index contributed by atoms with van der Waals surface area (Å²) in [6.07, 6.45) is 0. The topological polar surface area (TPSA) is 37.8 Å². The molecule has 0 saturated carbocycles. The van der Waals surface area contributed by atoms with Crippen LogP contribution in [0.15, 0.2) is 70.6 Å². The zero-order valence-electron chi connectivity index (χ0n) is 12.7. The van der Waals surface area contributed by atoms with Crippen LogP contribution in [0.5, 0.6) is 0 Å². The lowest BCUT2D eigenvalue weighted by atomic mass is 10.2. The summed E-state index contributed by atoms with van der Waals surface area (Å²) in [7, 11) is 0. The van der Waals surface area contributed by atoms with Crippen LogP contribution < -0.4 is 5.32 Å². The van der Waals surface area contributed by atoms with Gasteiger partial charge in [0.25, 0.3) is 0 Å². The van der Waals surface area contributed by atoms with Crippen LogP contribution in [0.4, 0.5) is 5.82 Å². The second-order valence-corrected chi connectivity index (χ2v) is 6.40. The highest BCUT2D eigenvalue weighted by Crippen LogP contribution is 2.30. The molecule has 0 spiro atoms. The number of nitrogens with zero attached hydrogens (tertiary/aromatic N) is 2. The molecule has 0 bridgehead atoms. The highest BCUT2D eigenvalue weighted by molar-refractivity contribution is 7.99. The molecule has 0 atom stereocenters. The van der Waals surface area contributed by atoms with Gasteiger partial charge in [-0.05, 0) is 31.2 Å². The summed E-state index contributed by atoms with van der Waals surface area (Å²) in [5.74, 6) is 1.55. The Morgan fingerprint density at radius 3 is 2.43 bits per heavy atom. The average molecular weight is 342 g/mol. The molecule has 3 nitrogen and oxygen atoms in total. The fraction of sp³-hybridized carbons (Fsp3) is 0.111. The molecular weight excluding hydrogens is 326 g/mol. The van der Waals surface area contributed by atoms with Crippen molar-refractivity contribution >= 4 is 29.2 Å². The predicted molar refractivity (Wildman–Crippen MR) is 97.2 cm³/mol. The Morgan fingerprint density at radius 2 is 1.74 bits per heavy atom. The van der Waals surface area contributed by atoms with Crippen molar-refractivity contribution in [2.24, 2.45) is 0 Å². The molecule has 0 radical (unpaired) electrons. The van der Waals surface area contributed by atoms with Crippen LogP contribution in [0.3, 0.4) is 0 Å². The first-order valence-electron chi connectivity index (χ1n) is 7.36. The van der Waals surface area contributed by atoms with Crippen LogP contribution in [0.2, 0.25) is 5.02 Å². The molecule has 0 aliphatic carbocycles. The van der Waals surface area contributed by atoms with Gasteiger partial charge in [-0.15, -0.1) is 0 Å². The van der Waals surface area contributed by atoms with E-state index in [4.69, 9.17) is 11.6 Å². The summed E-state index contributed by atoms with van der Waals surface area (Å²) in [6, 6.07) is 19.7. The summed E-state index contributed by atoms with van der Waals surface area (Å²) < 4.78 is 0. The van der Waals surface area contributed by atoms with Crippen LogP contribution in [0, 0.1) is 0 Å². The molecule has 1 heterocycles. The Bertz CT molecular complexity index is 776. The first kappa shape index (κ1) is 15.8. The minimum absolute atomic E-state index is 0.723. The number of aromatic nitrogens is 2. The fourth-order valence-electron chi connectivity index (χ4n) is 2.09. The third-order valence-corrected chi connectivity index (χ3v) is 4.31. The van der Waals surface area contributed by atoms with E-state index in [0.717, 1.165) is 38.7 Å². The van der Waals surface area contributed by atoms with E-state index in [9.17, 15) is 0 Å². The lowest BCUT2D eigenvalue weighted by Crippen LogP contribution is -2.02. The van der Waals surface area contributed by atoms with Crippen LogP contribution in [-0.2, 0) is 0 Å². The molecule has 3 rings (SSSR count). The third kappa shape index (κ3) is 4.24. The SMILES string of the molecule is CCNc1cc(Sc2ccc(Cl)cc2)nc(-c2ccccc2)n1. The van der Waals surface area contributed by atoms with Gasteiger partial charge in [-0.2, -0.15) is 0 Å². The van der Waals surface area contributed by atoms with Gasteiger partial charge in [-0.1, -0.05) is 53.7 Å². The highest BCUT2D eigenvalue weighted by Gasteiger charge is 2.08. The van der Waals surface area contributed by atoms with E-state index in [0.29, 0.717) is 0 Å². The Kier molecular flexibility index (Phi) is 5.16. The van der Waals surface area contributed by atoms with E-state index in [1.807, 2.05) is 60.7 Å². The second-order valence-electron chi connectivity index (χ2n) is 4.87. The van der Waals surface area contributed by atoms with Gasteiger partial charge in [-0.3, -0.25) is 0 Å². The maximum atomic E-state index is 5.94. The maximum Gasteiger partial charge on any atom is 0.162 e. The van der Waals surface area contributed by atoms with Gasteiger partial charge < -0.3 is 5.32 Å². The quantitative estimate of drug-likeness (QED) is 0.632. The zero-order chi connectivity index (χ0) is 16.1. The summed E-state index contributed by atoms with van der Waals surface area (Å²) in [6.45, 7) is 2.87. The van der Waals surface area contributed by atoms with E-state index in [-0.39, 0.29) is 0 Å². The minimum Gasteiger partial charge on any atom is -0.370 e. The molecule has 23 heavy (non-hydrogen) atoms. The number of rotatable bonds is 5. The maximum absolute atomic E-state index is 5.94. The molecule has 0 amide bonds. The molecule has 0 unspecified atom stereocenters. The number of anilines is 1. The molecule has 1 N–H and O–H groups in total. The average Bonchev–Trinajstić information content (AvgIpc) is 2.58. The first-order valence-corrected chi connectivity index (χ1v) is 8.56. The molecule has 0 aliphatic rings. The second kappa shape index (κ2) is 7.49. The van der Waals surface area contributed by atoms with Gasteiger partial charge in [0, 0.05) is 28.1 Å². The van der Waals surface area contributed by atoms with Crippen molar-refractivity contribution in [3.05, 3.63) is 65.7 Å². The van der Waals surface area contributed by atoms with Crippen LogP contribution >= 0.6 is 23.4 Å². The Balaban J connectivity index is 1.95. The highest BCUT2D eigenvalue weighted by atomic mass is 35.5. The van der Waals surface area contributed by atoms with Crippen molar-refractivity contribution < 1.29 is 0 Å². The number of nitrogens with one attached hydrogen (secondary N) is 1. The van der Waals surface area contributed by atoms with Crippen molar-refractivity contribution in [1.82, 2.24) is 9.97 Å². The third-order valence-electron chi connectivity index (χ3n) is 3.13. The molecule has 5 heteroatoms. The van der Waals surface area contributed by atoms with Gasteiger partial charge in [0.15, 0.2) is 5.82 Å². The van der Waals surface area contributed by atoms with Crippen molar-refractivity contribution in [2.45, 2.75) is 16.8 Å². The first-order chi connectivity index (χ1) is 11.2. The number of hydrogen-bond acceptors (Lipinski definition) is 4. The molecule has 0 fully saturated rings. The summed E-state index contributed by atoms with van der Waals surface area (Å²) in [5.41, 5.74) is 1.00. The number of halogens is 1. The number of benzene rings is 2. The van der Waals surface area contributed by atoms with E-state index >= 15 is 0 Å². The van der Waals surface area contributed by atoms with E-state index in [1.54, 1.807) is 11.8 Å². The van der Waals surface area contributed by atoms with Gasteiger partial charge in [0.1, 0.15) is 10.8 Å². The molecule has 0 saturated heterocycles. The van der Waals surface area contributed by atoms with Crippen LogP contribution in [0.1, 0.15) is 6.92 Å². The van der Waals surface area contributed by atoms with Crippen molar-refractivity contribution in [3.63, 3.8) is 0 Å². The molecule has 0 aliphatic heterocycles. The fourth-order valence-corrected chi connectivity index (χ4v) is 3.03. The van der Waals surface area contributed by atoms with Gasteiger partial charge in [0.05, 0.1) is 0 Å². The summed E-state index contributed by atoms with van der Waals surface area (Å²) in [5, 5.41) is 4.90. The van der Waals surface area contributed by atoms with Gasteiger partial charge in [-0.25, -0.2) is 9.97 Å². The van der Waals surface area contributed by atoms with Crippen molar-refractivity contribution in [3.8, 4) is 11.4 Å². The normalized spacial score (nSPS) is 10.5. The predicted octanol–water partition coefficient (Wildman–Crippen LogP) is 5.38. The largest absolute Gasteiger partial charge is 0.370 e. The zero-order valence-corrected chi connectivity index (χ0v) is 14.2. The van der Waals surface area contributed by atoms with Crippen molar-refractivity contribution in [2.75, 3.05) is 11.9 Å². The van der Waals surface area contributed by atoms with Gasteiger partial charge in [0.2, 0.25) is 0 Å². The van der Waals surface area contributed by atoms with Crippen LogP contribution in [-0.4, -0.2) is 16.5 Å². The molecule has 3 aromatic rings. The molecule has 2 aromatic carbocycles. The smallest absolute Gasteiger partial charge is 0.162 e. The van der Waals surface area contributed by atoms with E-state index in [2.05, 4.69) is 22.2 Å². The Labute approximate surface area is 145 Å². The van der Waals surface area contributed by atoms with Crippen LogP contribution in [0.25, 0.3) is 11.4 Å². The Hall–Kier alpha value is -2.04. The molecule has 1 aromatic heterocycles. The molecule has 116 valence electrons. The van der Waals surface area contributed by atoms with Crippen molar-refractivity contribution in [1.29, 1.82) is 0 Å². The lowest BCUT2D eigenvalue weighted by molar-refractivity contribution is 1.04. The minimum atomic E-state index is 0.723. The monoisotopic (exact) mass is 341 g/mol. The summed E-state index contributed by atoms with van der Waals surface area (Å²) in [4.78, 5) is 10.4. The lowest BCUT2D eigenvalue weighted by Gasteiger charge is -2.09.